The molecule has 0 fully saturated rings. The number of phenolic OH excluding ortho intramolecular Hbond substituents is 1. The topological polar surface area (TPSA) is 68.1 Å². The lowest BCUT2D eigenvalue weighted by Crippen LogP contribution is -2.02. The molecular weight excluding hydrogens is 410 g/mol. The summed E-state index contributed by atoms with van der Waals surface area (Å²) in [5.41, 5.74) is 6.93. The van der Waals surface area contributed by atoms with Crippen molar-refractivity contribution in [2.75, 3.05) is 0 Å². The summed E-state index contributed by atoms with van der Waals surface area (Å²) in [6.07, 6.45) is 0.772. The van der Waals surface area contributed by atoms with Crippen LogP contribution in [0.5, 0.6) is 11.5 Å². The predicted octanol–water partition coefficient (Wildman–Crippen LogP) is 6.76. The van der Waals surface area contributed by atoms with Crippen molar-refractivity contribution in [2.24, 2.45) is 0 Å². The van der Waals surface area contributed by atoms with Crippen LogP contribution in [-0.4, -0.2) is 20.1 Å². The van der Waals surface area contributed by atoms with Crippen LogP contribution in [-0.2, 0) is 0 Å². The first kappa shape index (κ1) is 22.5. The Morgan fingerprint density at radius 2 is 1.18 bits per heavy atom. The number of aromatic nitrogens is 3. The Kier molecular flexibility index (Phi) is 6.40. The highest BCUT2D eigenvalue weighted by atomic mass is 16.5. The minimum atomic E-state index is 0.0568. The molecule has 0 saturated heterocycles. The van der Waals surface area contributed by atoms with Crippen LogP contribution in [0.4, 0.5) is 0 Å². The van der Waals surface area contributed by atoms with Gasteiger partial charge in [-0.05, 0) is 57.4 Å². The van der Waals surface area contributed by atoms with Gasteiger partial charge in [-0.15, -0.1) is 0 Å². The molecule has 0 atom stereocenters. The summed E-state index contributed by atoms with van der Waals surface area (Å²) in [5, 5.41) is 10.8. The van der Waals surface area contributed by atoms with E-state index in [9.17, 15) is 5.11 Å². The van der Waals surface area contributed by atoms with Gasteiger partial charge >= 0.3 is 0 Å². The molecule has 0 spiro atoms. The van der Waals surface area contributed by atoms with E-state index in [1.165, 1.54) is 11.1 Å². The van der Waals surface area contributed by atoms with E-state index in [1.807, 2.05) is 19.1 Å². The van der Waals surface area contributed by atoms with Crippen molar-refractivity contribution in [1.29, 1.82) is 0 Å². The van der Waals surface area contributed by atoms with E-state index < -0.39 is 0 Å². The van der Waals surface area contributed by atoms with Crippen molar-refractivity contribution in [2.45, 2.75) is 41.0 Å². The van der Waals surface area contributed by atoms with Crippen LogP contribution in [0.25, 0.3) is 34.2 Å². The van der Waals surface area contributed by atoms with Gasteiger partial charge < -0.3 is 9.84 Å². The number of rotatable bonds is 6. The van der Waals surface area contributed by atoms with Crippen molar-refractivity contribution in [1.82, 2.24) is 15.0 Å². The molecule has 0 aliphatic rings. The Morgan fingerprint density at radius 3 is 1.64 bits per heavy atom. The Bertz CT molecular complexity index is 1250. The van der Waals surface area contributed by atoms with Crippen molar-refractivity contribution in [3.63, 3.8) is 0 Å². The number of nitrogens with zero attached hydrogens (tertiary/aromatic N) is 3. The van der Waals surface area contributed by atoms with Gasteiger partial charge in [-0.3, -0.25) is 0 Å². The van der Waals surface area contributed by atoms with Gasteiger partial charge in [0.2, 0.25) is 0 Å². The molecule has 4 rings (SSSR count). The Labute approximate surface area is 195 Å². The van der Waals surface area contributed by atoms with Gasteiger partial charge in [0.05, 0.1) is 5.56 Å². The zero-order valence-electron chi connectivity index (χ0n) is 19.7. The first-order valence-corrected chi connectivity index (χ1v) is 11.1. The van der Waals surface area contributed by atoms with Gasteiger partial charge in [-0.2, -0.15) is 0 Å². The Hall–Kier alpha value is -3.73. The molecule has 1 N–H and O–H groups in total. The molecule has 1 heterocycles. The van der Waals surface area contributed by atoms with E-state index in [2.05, 4.69) is 52.0 Å². The van der Waals surface area contributed by atoms with E-state index in [0.29, 0.717) is 28.8 Å². The molecule has 0 unspecified atom stereocenters. The molecule has 1 aromatic heterocycles. The zero-order chi connectivity index (χ0) is 23.5. The molecule has 0 amide bonds. The van der Waals surface area contributed by atoms with Crippen molar-refractivity contribution in [3.05, 3.63) is 83.5 Å². The predicted molar refractivity (Wildman–Crippen MR) is 132 cm³/mol. The Balaban J connectivity index is 1.90. The fourth-order valence-corrected chi connectivity index (χ4v) is 3.82. The van der Waals surface area contributed by atoms with E-state index in [1.54, 1.807) is 24.8 Å². The molecule has 0 bridgehead atoms. The molecule has 0 aliphatic carbocycles. The summed E-state index contributed by atoms with van der Waals surface area (Å²) in [6, 6.07) is 17.6. The van der Waals surface area contributed by atoms with Crippen LogP contribution < -0.4 is 4.74 Å². The molecule has 33 heavy (non-hydrogen) atoms. The van der Waals surface area contributed by atoms with E-state index in [4.69, 9.17) is 19.7 Å². The molecule has 3 aromatic carbocycles. The molecule has 0 saturated carbocycles. The maximum atomic E-state index is 10.8. The maximum Gasteiger partial charge on any atom is 0.167 e. The summed E-state index contributed by atoms with van der Waals surface area (Å²) in [5.74, 6) is 2.19. The second-order valence-electron chi connectivity index (χ2n) is 8.31. The third kappa shape index (κ3) is 4.87. The van der Waals surface area contributed by atoms with Gasteiger partial charge in [0, 0.05) is 17.2 Å². The summed E-state index contributed by atoms with van der Waals surface area (Å²) < 4.78 is 5.53. The van der Waals surface area contributed by atoms with Crippen LogP contribution in [0.3, 0.4) is 0 Å². The minimum Gasteiger partial charge on any atom is -0.507 e. The monoisotopic (exact) mass is 438 g/mol. The fourth-order valence-electron chi connectivity index (χ4n) is 3.82. The molecule has 1 radical (unpaired) electrons. The number of benzene rings is 3. The number of hydrogen-bond donors (Lipinski definition) is 1. The lowest BCUT2D eigenvalue weighted by molar-refractivity contribution is 0.392. The number of aryl methyl sites for hydroxylation is 4. The van der Waals surface area contributed by atoms with Crippen LogP contribution >= 0.6 is 0 Å². The second kappa shape index (κ2) is 9.41. The lowest BCUT2D eigenvalue weighted by Gasteiger charge is -2.13. The van der Waals surface area contributed by atoms with Crippen LogP contribution in [0.1, 0.15) is 35.6 Å². The Morgan fingerprint density at radius 1 is 0.697 bits per heavy atom. The van der Waals surface area contributed by atoms with E-state index >= 15 is 0 Å². The fraction of sp³-hybridized carbons (Fsp3) is 0.214. The smallest absolute Gasteiger partial charge is 0.167 e. The van der Waals surface area contributed by atoms with Crippen molar-refractivity contribution in [3.8, 4) is 45.7 Å². The third-order valence-electron chi connectivity index (χ3n) is 5.48. The maximum absolute atomic E-state index is 10.8. The summed E-state index contributed by atoms with van der Waals surface area (Å²) in [7, 11) is 0. The average Bonchev–Trinajstić information content (AvgIpc) is 2.77. The second-order valence-corrected chi connectivity index (χ2v) is 8.31. The number of hydrogen-bond acceptors (Lipinski definition) is 5. The zero-order valence-corrected chi connectivity index (χ0v) is 19.7. The van der Waals surface area contributed by atoms with Gasteiger partial charge in [-0.25, -0.2) is 15.0 Å². The standard InChI is InChI=1S/C28H28N3O2/c1-6-13-33-21-9-12-24(25(32)16-21)28-30-26(22-10-7-17(2)14-19(22)4)29-27(31-28)23-11-8-18(3)15-20(23)5/h7-16,32H,6H2,1-5H3. The largest absolute Gasteiger partial charge is 0.507 e. The molecule has 5 nitrogen and oxygen atoms in total. The number of phenols is 1. The first-order chi connectivity index (χ1) is 15.9. The lowest BCUT2D eigenvalue weighted by atomic mass is 10.0. The molecule has 0 aliphatic heterocycles. The first-order valence-electron chi connectivity index (χ1n) is 11.1. The van der Waals surface area contributed by atoms with Crippen molar-refractivity contribution < 1.29 is 9.84 Å². The third-order valence-corrected chi connectivity index (χ3v) is 5.48. The van der Waals surface area contributed by atoms with Crippen LogP contribution in [0.2, 0.25) is 0 Å². The highest BCUT2D eigenvalue weighted by molar-refractivity contribution is 5.72. The van der Waals surface area contributed by atoms with Crippen molar-refractivity contribution >= 4 is 0 Å². The highest BCUT2D eigenvalue weighted by Crippen LogP contribution is 2.34. The quantitative estimate of drug-likeness (QED) is 0.360. The van der Waals surface area contributed by atoms with Gasteiger partial charge in [0.25, 0.3) is 0 Å². The highest BCUT2D eigenvalue weighted by Gasteiger charge is 2.17. The minimum absolute atomic E-state index is 0.0568. The summed E-state index contributed by atoms with van der Waals surface area (Å²) in [6.45, 7) is 11.9. The van der Waals surface area contributed by atoms with E-state index in [-0.39, 0.29) is 5.75 Å². The summed E-state index contributed by atoms with van der Waals surface area (Å²) in [4.78, 5) is 14.4. The molecule has 4 aromatic rings. The van der Waals surface area contributed by atoms with Gasteiger partial charge in [0.1, 0.15) is 18.1 Å². The van der Waals surface area contributed by atoms with E-state index in [0.717, 1.165) is 28.7 Å². The molecular formula is C28H28N3O2. The average molecular weight is 439 g/mol. The molecule has 5 heteroatoms. The van der Waals surface area contributed by atoms with Crippen LogP contribution in [0.15, 0.2) is 54.6 Å². The normalized spacial score (nSPS) is 10.9. The van der Waals surface area contributed by atoms with Gasteiger partial charge in [-0.1, -0.05) is 54.4 Å². The number of aromatic hydroxyl groups is 1. The molecule has 167 valence electrons. The summed E-state index contributed by atoms with van der Waals surface area (Å²) >= 11 is 0. The SMILES string of the molecule is CC[CH]Oc1ccc(-c2nc(-c3ccc(C)cc3C)nc(-c3ccc(C)cc3C)n2)c(O)c1. The van der Waals surface area contributed by atoms with Gasteiger partial charge in [0.15, 0.2) is 17.5 Å². The number of ether oxygens (including phenoxy) is 1. The van der Waals surface area contributed by atoms with Crippen LogP contribution in [0, 0.1) is 34.3 Å².